The van der Waals surface area contributed by atoms with Crippen molar-refractivity contribution in [2.24, 2.45) is 5.10 Å². The monoisotopic (exact) mass is 297 g/mol. The van der Waals surface area contributed by atoms with Gasteiger partial charge in [-0.25, -0.2) is 5.43 Å². The highest BCUT2D eigenvalue weighted by atomic mass is 16.5. The number of hydrogen-bond acceptors (Lipinski definition) is 4. The molecule has 5 nitrogen and oxygen atoms in total. The Morgan fingerprint density at radius 2 is 1.82 bits per heavy atom. The van der Waals surface area contributed by atoms with Crippen LogP contribution in [0, 0.1) is 0 Å². The number of carbonyl (C=O) groups is 1. The number of rotatable bonds is 6. The SMILES string of the molecule is CN(C)c1ccc(/C=N\NC(=O)COc2ccccc2)cc1. The third-order valence-corrected chi connectivity index (χ3v) is 2.93. The number of hydrogen-bond donors (Lipinski definition) is 1. The van der Waals surface area contributed by atoms with E-state index in [1.807, 2.05) is 61.5 Å². The van der Waals surface area contributed by atoms with Gasteiger partial charge in [0.2, 0.25) is 0 Å². The second kappa shape index (κ2) is 7.83. The molecular formula is C17H19N3O2. The standard InChI is InChI=1S/C17H19N3O2/c1-20(2)15-10-8-14(9-11-15)12-18-19-17(21)13-22-16-6-4-3-5-7-16/h3-12H,13H2,1-2H3,(H,19,21)/b18-12-. The summed E-state index contributed by atoms with van der Waals surface area (Å²) in [5, 5.41) is 3.91. The van der Waals surface area contributed by atoms with E-state index in [1.54, 1.807) is 18.3 Å². The minimum atomic E-state index is -0.301. The van der Waals surface area contributed by atoms with E-state index < -0.39 is 0 Å². The number of hydrazone groups is 1. The van der Waals surface area contributed by atoms with Crippen molar-refractivity contribution in [3.63, 3.8) is 0 Å². The zero-order valence-corrected chi connectivity index (χ0v) is 12.7. The van der Waals surface area contributed by atoms with Gasteiger partial charge in [0, 0.05) is 19.8 Å². The zero-order chi connectivity index (χ0) is 15.8. The first-order valence-corrected chi connectivity index (χ1v) is 6.92. The Morgan fingerprint density at radius 1 is 1.14 bits per heavy atom. The van der Waals surface area contributed by atoms with Gasteiger partial charge in [0.15, 0.2) is 6.61 Å². The second-order valence-electron chi connectivity index (χ2n) is 4.88. The maximum absolute atomic E-state index is 11.6. The van der Waals surface area contributed by atoms with Crippen LogP contribution in [-0.2, 0) is 4.79 Å². The fourth-order valence-corrected chi connectivity index (χ4v) is 1.74. The molecule has 1 N–H and O–H groups in total. The summed E-state index contributed by atoms with van der Waals surface area (Å²) < 4.78 is 5.32. The highest BCUT2D eigenvalue weighted by Gasteiger charge is 2.00. The van der Waals surface area contributed by atoms with E-state index in [-0.39, 0.29) is 12.5 Å². The highest BCUT2D eigenvalue weighted by molar-refractivity contribution is 5.83. The summed E-state index contributed by atoms with van der Waals surface area (Å²) in [5.41, 5.74) is 4.45. The van der Waals surface area contributed by atoms with Crippen molar-refractivity contribution in [2.75, 3.05) is 25.6 Å². The summed E-state index contributed by atoms with van der Waals surface area (Å²) in [4.78, 5) is 13.6. The summed E-state index contributed by atoms with van der Waals surface area (Å²) in [5.74, 6) is 0.353. The third kappa shape index (κ3) is 4.94. The molecule has 0 bridgehead atoms. The van der Waals surface area contributed by atoms with Crippen LogP contribution in [0.3, 0.4) is 0 Å². The molecule has 0 aromatic heterocycles. The summed E-state index contributed by atoms with van der Waals surface area (Å²) in [6, 6.07) is 17.0. The van der Waals surface area contributed by atoms with Gasteiger partial charge < -0.3 is 9.64 Å². The van der Waals surface area contributed by atoms with Gasteiger partial charge in [-0.2, -0.15) is 5.10 Å². The second-order valence-corrected chi connectivity index (χ2v) is 4.88. The Bertz CT molecular complexity index is 622. The molecule has 5 heteroatoms. The summed E-state index contributed by atoms with van der Waals surface area (Å²) >= 11 is 0. The number of nitrogens with one attached hydrogen (secondary N) is 1. The zero-order valence-electron chi connectivity index (χ0n) is 12.7. The predicted molar refractivity (Wildman–Crippen MR) is 88.4 cm³/mol. The van der Waals surface area contributed by atoms with Crippen molar-refractivity contribution in [1.82, 2.24) is 5.43 Å². The van der Waals surface area contributed by atoms with Crippen LogP contribution in [0.5, 0.6) is 5.75 Å². The molecule has 0 aliphatic rings. The minimum absolute atomic E-state index is 0.0685. The number of para-hydroxylation sites is 1. The Balaban J connectivity index is 1.78. The van der Waals surface area contributed by atoms with E-state index >= 15 is 0 Å². The number of ether oxygens (including phenoxy) is 1. The van der Waals surface area contributed by atoms with Crippen LogP contribution in [-0.4, -0.2) is 32.8 Å². The van der Waals surface area contributed by atoms with Crippen LogP contribution in [0.2, 0.25) is 0 Å². The molecule has 2 aromatic carbocycles. The highest BCUT2D eigenvalue weighted by Crippen LogP contribution is 2.10. The molecule has 0 fully saturated rings. The molecule has 2 rings (SSSR count). The van der Waals surface area contributed by atoms with E-state index in [0.29, 0.717) is 5.75 Å². The summed E-state index contributed by atoms with van der Waals surface area (Å²) in [6.45, 7) is -0.0685. The third-order valence-electron chi connectivity index (χ3n) is 2.93. The first-order chi connectivity index (χ1) is 10.6. The molecule has 0 saturated heterocycles. The average Bonchev–Trinajstić information content (AvgIpc) is 2.54. The molecule has 0 spiro atoms. The fourth-order valence-electron chi connectivity index (χ4n) is 1.74. The number of carbonyl (C=O) groups excluding carboxylic acids is 1. The quantitative estimate of drug-likeness (QED) is 0.657. The minimum Gasteiger partial charge on any atom is -0.484 e. The topological polar surface area (TPSA) is 53.9 Å². The first kappa shape index (κ1) is 15.6. The molecule has 114 valence electrons. The lowest BCUT2D eigenvalue weighted by Crippen LogP contribution is -2.24. The van der Waals surface area contributed by atoms with Crippen LogP contribution in [0.15, 0.2) is 59.7 Å². The molecular weight excluding hydrogens is 278 g/mol. The van der Waals surface area contributed by atoms with Gasteiger partial charge in [0.1, 0.15) is 5.75 Å². The van der Waals surface area contributed by atoms with E-state index in [9.17, 15) is 4.79 Å². The molecule has 1 amide bonds. The number of amides is 1. The first-order valence-electron chi connectivity index (χ1n) is 6.92. The van der Waals surface area contributed by atoms with Crippen LogP contribution in [0.4, 0.5) is 5.69 Å². The molecule has 0 aliphatic carbocycles. The Labute approximate surface area is 130 Å². The molecule has 0 unspecified atom stereocenters. The Morgan fingerprint density at radius 3 is 2.45 bits per heavy atom. The molecule has 0 atom stereocenters. The number of benzene rings is 2. The number of anilines is 1. The van der Waals surface area contributed by atoms with E-state index in [0.717, 1.165) is 11.3 Å². The smallest absolute Gasteiger partial charge is 0.277 e. The molecule has 0 heterocycles. The van der Waals surface area contributed by atoms with Gasteiger partial charge in [-0.1, -0.05) is 30.3 Å². The van der Waals surface area contributed by atoms with E-state index in [1.165, 1.54) is 0 Å². The van der Waals surface area contributed by atoms with Crippen molar-refractivity contribution in [3.05, 3.63) is 60.2 Å². The predicted octanol–water partition coefficient (Wildman–Crippen LogP) is 2.28. The Kier molecular flexibility index (Phi) is 5.54. The van der Waals surface area contributed by atoms with Crippen molar-refractivity contribution in [3.8, 4) is 5.75 Å². The van der Waals surface area contributed by atoms with Gasteiger partial charge in [-0.15, -0.1) is 0 Å². The van der Waals surface area contributed by atoms with E-state index in [2.05, 4.69) is 10.5 Å². The van der Waals surface area contributed by atoms with E-state index in [4.69, 9.17) is 4.74 Å². The molecule has 22 heavy (non-hydrogen) atoms. The lowest BCUT2D eigenvalue weighted by Gasteiger charge is -2.11. The molecule has 0 radical (unpaired) electrons. The van der Waals surface area contributed by atoms with Crippen molar-refractivity contribution in [1.29, 1.82) is 0 Å². The number of nitrogens with zero attached hydrogens (tertiary/aromatic N) is 2. The van der Waals surface area contributed by atoms with Gasteiger partial charge >= 0.3 is 0 Å². The largest absolute Gasteiger partial charge is 0.484 e. The van der Waals surface area contributed by atoms with Gasteiger partial charge in [0.05, 0.1) is 6.21 Å². The van der Waals surface area contributed by atoms with Gasteiger partial charge in [-0.05, 0) is 29.8 Å². The van der Waals surface area contributed by atoms with Crippen LogP contribution >= 0.6 is 0 Å². The lowest BCUT2D eigenvalue weighted by atomic mass is 10.2. The summed E-state index contributed by atoms with van der Waals surface area (Å²) in [6.07, 6.45) is 1.60. The molecule has 0 aliphatic heterocycles. The summed E-state index contributed by atoms with van der Waals surface area (Å²) in [7, 11) is 3.96. The fraction of sp³-hybridized carbons (Fsp3) is 0.176. The van der Waals surface area contributed by atoms with Gasteiger partial charge in [0.25, 0.3) is 5.91 Å². The maximum Gasteiger partial charge on any atom is 0.277 e. The van der Waals surface area contributed by atoms with Crippen LogP contribution in [0.25, 0.3) is 0 Å². The van der Waals surface area contributed by atoms with Crippen molar-refractivity contribution < 1.29 is 9.53 Å². The molecule has 2 aromatic rings. The molecule has 0 saturated carbocycles. The van der Waals surface area contributed by atoms with Gasteiger partial charge in [-0.3, -0.25) is 4.79 Å². The average molecular weight is 297 g/mol. The van der Waals surface area contributed by atoms with Crippen LogP contribution in [0.1, 0.15) is 5.56 Å². The van der Waals surface area contributed by atoms with Crippen molar-refractivity contribution >= 4 is 17.8 Å². The Hall–Kier alpha value is -2.82. The lowest BCUT2D eigenvalue weighted by molar-refractivity contribution is -0.123. The van der Waals surface area contributed by atoms with Crippen molar-refractivity contribution in [2.45, 2.75) is 0 Å². The van der Waals surface area contributed by atoms with Crippen LogP contribution < -0.4 is 15.1 Å². The normalized spacial score (nSPS) is 10.5. The maximum atomic E-state index is 11.6.